The molecule has 1 saturated heterocycles. The van der Waals surface area contributed by atoms with Crippen LogP contribution in [-0.2, 0) is 22.9 Å². The Hall–Kier alpha value is -3.76. The van der Waals surface area contributed by atoms with Crippen molar-refractivity contribution in [3.8, 4) is 0 Å². The van der Waals surface area contributed by atoms with Crippen molar-refractivity contribution in [2.24, 2.45) is 7.05 Å². The average molecular weight is 669 g/mol. The van der Waals surface area contributed by atoms with Crippen molar-refractivity contribution in [1.82, 2.24) is 30.0 Å². The van der Waals surface area contributed by atoms with Crippen LogP contribution < -0.4 is 10.6 Å². The third kappa shape index (κ3) is 11.5. The van der Waals surface area contributed by atoms with Crippen LogP contribution in [0.3, 0.4) is 0 Å². The lowest BCUT2D eigenvalue weighted by Gasteiger charge is -2.29. The van der Waals surface area contributed by atoms with Gasteiger partial charge in [0.25, 0.3) is 0 Å². The molecule has 1 aromatic heterocycles. The third-order valence-electron chi connectivity index (χ3n) is 7.96. The molecule has 1 aliphatic carbocycles. The van der Waals surface area contributed by atoms with Crippen molar-refractivity contribution in [3.05, 3.63) is 83.6 Å². The minimum Gasteiger partial charge on any atom is -0.444 e. The minimum absolute atomic E-state index is 0.137. The van der Waals surface area contributed by atoms with Crippen LogP contribution >= 0.6 is 11.6 Å². The van der Waals surface area contributed by atoms with E-state index in [1.54, 1.807) is 17.4 Å². The number of halogens is 1. The van der Waals surface area contributed by atoms with Gasteiger partial charge in [0.15, 0.2) is 0 Å². The van der Waals surface area contributed by atoms with Crippen LogP contribution in [0.1, 0.15) is 77.2 Å². The Morgan fingerprint density at radius 3 is 2.43 bits per heavy atom. The lowest BCUT2D eigenvalue weighted by Crippen LogP contribution is -2.47. The highest BCUT2D eigenvalue weighted by atomic mass is 35.5. The van der Waals surface area contributed by atoms with Gasteiger partial charge in [0.2, 0.25) is 0 Å². The number of nitrogens with zero attached hydrogens (tertiary/aromatic N) is 4. The normalized spacial score (nSPS) is 18.5. The van der Waals surface area contributed by atoms with Crippen LogP contribution in [0.25, 0.3) is 5.57 Å². The monoisotopic (exact) mass is 668 g/mol. The van der Waals surface area contributed by atoms with Gasteiger partial charge in [-0.25, -0.2) is 14.6 Å². The summed E-state index contributed by atoms with van der Waals surface area (Å²) >= 11 is 6.38. The Labute approximate surface area is 285 Å². The predicted molar refractivity (Wildman–Crippen MR) is 189 cm³/mol. The first-order chi connectivity index (χ1) is 22.2. The Morgan fingerprint density at radius 1 is 1.17 bits per heavy atom. The summed E-state index contributed by atoms with van der Waals surface area (Å²) in [5, 5.41) is 6.78. The van der Waals surface area contributed by atoms with Crippen molar-refractivity contribution >= 4 is 29.4 Å². The number of hydrogen-bond donors (Lipinski definition) is 2. The Morgan fingerprint density at radius 2 is 1.85 bits per heavy atom. The number of piperazine rings is 1. The molecule has 258 valence electrons. The maximum Gasteiger partial charge on any atom is 0.410 e. The van der Waals surface area contributed by atoms with Crippen LogP contribution in [0.15, 0.2) is 61.7 Å². The zero-order valence-corrected chi connectivity index (χ0v) is 30.1. The predicted octanol–water partition coefficient (Wildman–Crippen LogP) is 6.89. The smallest absolute Gasteiger partial charge is 0.410 e. The molecule has 1 aromatic carbocycles. The summed E-state index contributed by atoms with van der Waals surface area (Å²) in [5.41, 5.74) is 2.75. The van der Waals surface area contributed by atoms with Crippen LogP contribution in [0.5, 0.6) is 0 Å². The van der Waals surface area contributed by atoms with E-state index in [0.29, 0.717) is 5.02 Å². The topological polar surface area (TPSA) is 101 Å². The zero-order valence-electron chi connectivity index (χ0n) is 29.3. The van der Waals surface area contributed by atoms with Crippen molar-refractivity contribution in [2.75, 3.05) is 33.2 Å². The molecule has 5 rings (SSSR count). The second-order valence-electron chi connectivity index (χ2n) is 13.1. The highest BCUT2D eigenvalue weighted by Gasteiger charge is 2.42. The van der Waals surface area contributed by atoms with Crippen LogP contribution in [0.4, 0.5) is 9.59 Å². The largest absolute Gasteiger partial charge is 0.444 e. The Bertz CT molecular complexity index is 1420. The Kier molecular flexibility index (Phi) is 13.5. The van der Waals surface area contributed by atoms with Gasteiger partial charge < -0.3 is 34.5 Å². The number of carbonyl (C=O) groups is 2. The van der Waals surface area contributed by atoms with Crippen molar-refractivity contribution in [3.63, 3.8) is 0 Å². The van der Waals surface area contributed by atoms with Gasteiger partial charge in [0.05, 0.1) is 30.3 Å². The van der Waals surface area contributed by atoms with E-state index in [1.165, 1.54) is 0 Å². The van der Waals surface area contributed by atoms with E-state index in [0.717, 1.165) is 67.8 Å². The van der Waals surface area contributed by atoms with E-state index in [-0.39, 0.29) is 17.7 Å². The summed E-state index contributed by atoms with van der Waals surface area (Å²) in [6, 6.07) is 5.49. The van der Waals surface area contributed by atoms with Crippen LogP contribution in [0.2, 0.25) is 5.02 Å². The number of allylic oxidation sites excluding steroid dienone is 2. The highest BCUT2D eigenvalue weighted by Crippen LogP contribution is 2.39. The highest BCUT2D eigenvalue weighted by molar-refractivity contribution is 6.30. The maximum atomic E-state index is 12.7. The van der Waals surface area contributed by atoms with E-state index in [2.05, 4.69) is 52.5 Å². The molecule has 1 unspecified atom stereocenters. The molecule has 2 atom stereocenters. The first-order valence-corrected chi connectivity index (χ1v) is 16.8. The molecule has 2 amide bonds. The van der Waals surface area contributed by atoms with Crippen molar-refractivity contribution in [2.45, 2.75) is 84.1 Å². The molecule has 0 bridgehead atoms. The van der Waals surface area contributed by atoms with Crippen molar-refractivity contribution in [1.29, 1.82) is 0 Å². The molecular weight excluding hydrogens is 616 g/mol. The van der Waals surface area contributed by atoms with E-state index < -0.39 is 17.7 Å². The molecule has 1 saturated carbocycles. The molecule has 47 heavy (non-hydrogen) atoms. The van der Waals surface area contributed by atoms with Gasteiger partial charge in [-0.15, -0.1) is 0 Å². The van der Waals surface area contributed by atoms with E-state index >= 15 is 0 Å². The van der Waals surface area contributed by atoms with Crippen molar-refractivity contribution < 1.29 is 19.1 Å². The quantitative estimate of drug-likeness (QED) is 0.332. The van der Waals surface area contributed by atoms with Gasteiger partial charge >= 0.3 is 12.2 Å². The molecule has 11 heteroatoms. The van der Waals surface area contributed by atoms with Gasteiger partial charge in [-0.05, 0) is 88.1 Å². The molecule has 2 aromatic rings. The summed E-state index contributed by atoms with van der Waals surface area (Å²) in [5.74, 6) is 0. The summed E-state index contributed by atoms with van der Waals surface area (Å²) in [6.45, 7) is 19.2. The number of rotatable bonds is 7. The molecule has 3 aliphatic rings. The van der Waals surface area contributed by atoms with Gasteiger partial charge in [-0.2, -0.15) is 0 Å². The second-order valence-corrected chi connectivity index (χ2v) is 13.5. The zero-order chi connectivity index (χ0) is 34.8. The maximum absolute atomic E-state index is 12.7. The summed E-state index contributed by atoms with van der Waals surface area (Å²) in [4.78, 5) is 32.4. The molecule has 0 radical (unpaired) electrons. The number of hydrogen-bond acceptors (Lipinski definition) is 7. The fourth-order valence-electron chi connectivity index (χ4n) is 5.05. The van der Waals surface area contributed by atoms with E-state index in [9.17, 15) is 9.59 Å². The van der Waals surface area contributed by atoms with Gasteiger partial charge in [-0.1, -0.05) is 50.2 Å². The standard InChI is InChI=1S/C25H31ClN4O2.C9H16N2O2.C2H6/c1-17(23(22-15-27-16-30(22)6)28-24(31)32-25(2,3)4)21-14-19(26)11-10-18(21)13-20-9-7-8-12-29(20)5;1-9(2-3-9)13-8(12)11-6-4-10-5-7-11;1-2/h7-12,14-16,20,23H,1,13H2,2-6H3,(H,28,31);10H,2-7H2,1H3;1-2H3/t20?,23-;;/m1../s1. The number of ether oxygens (including phenoxy) is 2. The number of amides is 2. The SMILES string of the molecule is C=C(c1cc(Cl)ccc1CC1C=CC=CN1C)[C@@H](NC(=O)OC(C)(C)C)c1cncn1C.CC.CC1(OC(=O)N2CCNCC2)CC1. The molecule has 2 aliphatic heterocycles. The van der Waals surface area contributed by atoms with Gasteiger partial charge in [0.1, 0.15) is 11.2 Å². The molecule has 3 heterocycles. The number of aromatic nitrogens is 2. The molecule has 2 N–H and O–H groups in total. The second kappa shape index (κ2) is 16.9. The third-order valence-corrected chi connectivity index (χ3v) is 8.19. The first kappa shape index (κ1) is 37.7. The number of aryl methyl sites for hydroxylation is 1. The number of alkyl carbamates (subject to hydrolysis) is 1. The number of carbonyl (C=O) groups excluding carboxylic acids is 2. The van der Waals surface area contributed by atoms with Gasteiger partial charge in [-0.3, -0.25) is 0 Å². The molecule has 0 spiro atoms. The number of likely N-dealkylation sites (N-methyl/N-ethyl adjacent to an activating group) is 1. The fourth-order valence-corrected chi connectivity index (χ4v) is 5.23. The van der Waals surface area contributed by atoms with Crippen LogP contribution in [-0.4, -0.2) is 82.0 Å². The Balaban J connectivity index is 0.000000331. The van der Waals surface area contributed by atoms with E-state index in [4.69, 9.17) is 21.1 Å². The summed E-state index contributed by atoms with van der Waals surface area (Å²) < 4.78 is 12.7. The average Bonchev–Trinajstić information content (AvgIpc) is 3.60. The summed E-state index contributed by atoms with van der Waals surface area (Å²) in [7, 11) is 3.93. The lowest BCUT2D eigenvalue weighted by molar-refractivity contribution is 0.0512. The first-order valence-electron chi connectivity index (χ1n) is 16.4. The number of nitrogens with one attached hydrogen (secondary N) is 2. The lowest BCUT2D eigenvalue weighted by atomic mass is 9.90. The van der Waals surface area contributed by atoms with E-state index in [1.807, 2.05) is 77.4 Å². The number of benzene rings is 1. The van der Waals surface area contributed by atoms with Crippen LogP contribution in [0, 0.1) is 0 Å². The number of imidazole rings is 1. The molecule has 10 nitrogen and oxygen atoms in total. The molecular formula is C36H53ClN6O4. The fraction of sp³-hybridized carbons (Fsp3) is 0.528. The molecule has 2 fully saturated rings. The minimum atomic E-state index is -0.616. The summed E-state index contributed by atoms with van der Waals surface area (Å²) in [6.07, 6.45) is 13.9. The van der Waals surface area contributed by atoms with Gasteiger partial charge in [0, 0.05) is 45.3 Å².